The van der Waals surface area contributed by atoms with E-state index in [1.165, 1.54) is 12.8 Å². The van der Waals surface area contributed by atoms with Crippen LogP contribution in [0.4, 0.5) is 11.5 Å². The van der Waals surface area contributed by atoms with E-state index in [9.17, 15) is 0 Å². The van der Waals surface area contributed by atoms with Crippen molar-refractivity contribution in [1.82, 2.24) is 9.88 Å². The van der Waals surface area contributed by atoms with E-state index in [1.807, 2.05) is 12.1 Å². The number of hydrogen-bond donors (Lipinski definition) is 2. The molecule has 2 heterocycles. The van der Waals surface area contributed by atoms with Gasteiger partial charge in [-0.25, -0.2) is 4.98 Å². The summed E-state index contributed by atoms with van der Waals surface area (Å²) in [5.41, 5.74) is 6.75. The predicted molar refractivity (Wildman–Crippen MR) is 62.8 cm³/mol. The van der Waals surface area contributed by atoms with Crippen LogP contribution in [0.25, 0.3) is 0 Å². The molecule has 15 heavy (non-hydrogen) atoms. The fourth-order valence-electron chi connectivity index (χ4n) is 1.91. The summed E-state index contributed by atoms with van der Waals surface area (Å²) >= 11 is 0. The Kier molecular flexibility index (Phi) is 3.06. The third-order valence-corrected chi connectivity index (χ3v) is 2.92. The second-order valence-corrected chi connectivity index (χ2v) is 4.16. The van der Waals surface area contributed by atoms with Gasteiger partial charge in [-0.3, -0.25) is 0 Å². The molecule has 4 heteroatoms. The topological polar surface area (TPSA) is 54.2 Å². The fourth-order valence-corrected chi connectivity index (χ4v) is 1.91. The zero-order valence-electron chi connectivity index (χ0n) is 9.11. The van der Waals surface area contributed by atoms with E-state index in [0.29, 0.717) is 11.9 Å². The lowest BCUT2D eigenvalue weighted by Crippen LogP contribution is -2.36. The summed E-state index contributed by atoms with van der Waals surface area (Å²) in [6.45, 7) is 2.30. The summed E-state index contributed by atoms with van der Waals surface area (Å²) in [6, 6.07) is 4.43. The molecular formula is C11H18N4. The molecule has 0 aromatic carbocycles. The van der Waals surface area contributed by atoms with Crippen molar-refractivity contribution in [2.75, 3.05) is 31.2 Å². The normalized spacial score (nSPS) is 19.0. The summed E-state index contributed by atoms with van der Waals surface area (Å²) in [7, 11) is 2.16. The fraction of sp³-hybridized carbons (Fsp3) is 0.545. The number of rotatable bonds is 2. The average Bonchev–Trinajstić information content (AvgIpc) is 2.25. The molecule has 3 N–H and O–H groups in total. The van der Waals surface area contributed by atoms with Crippen LogP contribution < -0.4 is 11.1 Å². The first-order valence-corrected chi connectivity index (χ1v) is 5.41. The molecule has 0 aliphatic carbocycles. The highest BCUT2D eigenvalue weighted by molar-refractivity contribution is 5.61. The van der Waals surface area contributed by atoms with Crippen molar-refractivity contribution >= 4 is 11.5 Å². The quantitative estimate of drug-likeness (QED) is 0.762. The first kappa shape index (κ1) is 10.2. The van der Waals surface area contributed by atoms with Gasteiger partial charge in [-0.2, -0.15) is 0 Å². The number of hydrogen-bond acceptors (Lipinski definition) is 4. The number of piperidine rings is 1. The molecule has 1 saturated heterocycles. The maximum absolute atomic E-state index is 5.78. The molecule has 1 aliphatic rings. The molecule has 0 amide bonds. The van der Waals surface area contributed by atoms with E-state index in [-0.39, 0.29) is 0 Å². The van der Waals surface area contributed by atoms with Crippen LogP contribution in [0.2, 0.25) is 0 Å². The summed E-state index contributed by atoms with van der Waals surface area (Å²) in [4.78, 5) is 6.42. The summed E-state index contributed by atoms with van der Waals surface area (Å²) in [5, 5.41) is 3.46. The van der Waals surface area contributed by atoms with Gasteiger partial charge in [-0.15, -0.1) is 0 Å². The van der Waals surface area contributed by atoms with Crippen molar-refractivity contribution < 1.29 is 0 Å². The third-order valence-electron chi connectivity index (χ3n) is 2.92. The number of nitrogen functional groups attached to an aromatic ring is 1. The Morgan fingerprint density at radius 2 is 2.20 bits per heavy atom. The Bertz CT molecular complexity index is 318. The van der Waals surface area contributed by atoms with Gasteiger partial charge in [0.2, 0.25) is 0 Å². The monoisotopic (exact) mass is 206 g/mol. The minimum absolute atomic E-state index is 0.535. The summed E-state index contributed by atoms with van der Waals surface area (Å²) < 4.78 is 0. The number of anilines is 2. The van der Waals surface area contributed by atoms with Crippen LogP contribution in [0, 0.1) is 0 Å². The van der Waals surface area contributed by atoms with Gasteiger partial charge in [0.1, 0.15) is 5.82 Å². The zero-order chi connectivity index (χ0) is 10.7. The van der Waals surface area contributed by atoms with Crippen molar-refractivity contribution in [3.8, 4) is 0 Å². The number of nitrogens with two attached hydrogens (primary N) is 1. The Hall–Kier alpha value is -1.29. The molecule has 0 saturated carbocycles. The minimum Gasteiger partial charge on any atom is -0.382 e. The number of pyridine rings is 1. The van der Waals surface area contributed by atoms with Gasteiger partial charge < -0.3 is 16.0 Å². The van der Waals surface area contributed by atoms with Crippen molar-refractivity contribution in [2.24, 2.45) is 0 Å². The second-order valence-electron chi connectivity index (χ2n) is 4.16. The van der Waals surface area contributed by atoms with Crippen LogP contribution in [0.5, 0.6) is 0 Å². The van der Waals surface area contributed by atoms with Gasteiger partial charge in [0.05, 0.1) is 5.69 Å². The molecule has 0 unspecified atom stereocenters. The van der Waals surface area contributed by atoms with Gasteiger partial charge in [-0.05, 0) is 45.1 Å². The number of aromatic nitrogens is 1. The average molecular weight is 206 g/mol. The van der Waals surface area contributed by atoms with Crippen LogP contribution in [0.3, 0.4) is 0 Å². The summed E-state index contributed by atoms with van der Waals surface area (Å²) in [6.07, 6.45) is 4.06. The number of nitrogens with one attached hydrogen (secondary N) is 1. The maximum atomic E-state index is 5.78. The largest absolute Gasteiger partial charge is 0.382 e. The highest BCUT2D eigenvalue weighted by atomic mass is 15.1. The van der Waals surface area contributed by atoms with E-state index in [4.69, 9.17) is 5.73 Å². The zero-order valence-corrected chi connectivity index (χ0v) is 9.11. The molecule has 1 aromatic rings. The molecule has 4 nitrogen and oxygen atoms in total. The molecule has 0 bridgehead atoms. The van der Waals surface area contributed by atoms with Crippen molar-refractivity contribution in [1.29, 1.82) is 0 Å². The summed E-state index contributed by atoms with van der Waals surface area (Å²) in [5.74, 6) is 0.594. The van der Waals surface area contributed by atoms with Crippen molar-refractivity contribution in [2.45, 2.75) is 18.9 Å². The first-order chi connectivity index (χ1) is 7.25. The smallest absolute Gasteiger partial charge is 0.146 e. The predicted octanol–water partition coefficient (Wildman–Crippen LogP) is 1.17. The molecule has 1 fully saturated rings. The lowest BCUT2D eigenvalue weighted by molar-refractivity contribution is 0.264. The molecule has 0 atom stereocenters. The highest BCUT2D eigenvalue weighted by Crippen LogP contribution is 2.19. The highest BCUT2D eigenvalue weighted by Gasteiger charge is 2.16. The minimum atomic E-state index is 0.535. The van der Waals surface area contributed by atoms with E-state index >= 15 is 0 Å². The van der Waals surface area contributed by atoms with Gasteiger partial charge >= 0.3 is 0 Å². The standard InChI is InChI=1S/C11H18N4/c1-15-7-4-9(5-8-15)14-10-3-2-6-13-11(10)12/h2-3,6,9,14H,4-5,7-8H2,1H3,(H2,12,13). The Morgan fingerprint density at radius 3 is 2.87 bits per heavy atom. The molecule has 2 rings (SSSR count). The van der Waals surface area contributed by atoms with Crippen LogP contribution >= 0.6 is 0 Å². The second kappa shape index (κ2) is 4.49. The maximum Gasteiger partial charge on any atom is 0.146 e. The van der Waals surface area contributed by atoms with Gasteiger partial charge in [0.25, 0.3) is 0 Å². The molecule has 0 spiro atoms. The Balaban J connectivity index is 1.95. The van der Waals surface area contributed by atoms with Gasteiger partial charge in [0.15, 0.2) is 0 Å². The SMILES string of the molecule is CN1CCC(Nc2cccnc2N)CC1. The molecule has 0 radical (unpaired) electrons. The lowest BCUT2D eigenvalue weighted by Gasteiger charge is -2.30. The van der Waals surface area contributed by atoms with E-state index in [1.54, 1.807) is 6.20 Å². The van der Waals surface area contributed by atoms with Gasteiger partial charge in [0, 0.05) is 12.2 Å². The van der Waals surface area contributed by atoms with Gasteiger partial charge in [-0.1, -0.05) is 0 Å². The van der Waals surface area contributed by atoms with Crippen molar-refractivity contribution in [3.05, 3.63) is 18.3 Å². The Labute approximate surface area is 90.5 Å². The van der Waals surface area contributed by atoms with E-state index < -0.39 is 0 Å². The molecule has 1 aliphatic heterocycles. The van der Waals surface area contributed by atoms with Crippen LogP contribution in [0.1, 0.15) is 12.8 Å². The van der Waals surface area contributed by atoms with E-state index in [2.05, 4.69) is 22.2 Å². The van der Waals surface area contributed by atoms with Crippen LogP contribution in [-0.2, 0) is 0 Å². The lowest BCUT2D eigenvalue weighted by atomic mass is 10.1. The Morgan fingerprint density at radius 1 is 1.47 bits per heavy atom. The van der Waals surface area contributed by atoms with E-state index in [0.717, 1.165) is 18.8 Å². The van der Waals surface area contributed by atoms with Crippen LogP contribution in [0.15, 0.2) is 18.3 Å². The molecular weight excluding hydrogens is 188 g/mol. The number of nitrogens with zero attached hydrogens (tertiary/aromatic N) is 2. The third kappa shape index (κ3) is 2.59. The number of likely N-dealkylation sites (tertiary alicyclic amines) is 1. The van der Waals surface area contributed by atoms with Crippen LogP contribution in [-0.4, -0.2) is 36.1 Å². The van der Waals surface area contributed by atoms with Crippen molar-refractivity contribution in [3.63, 3.8) is 0 Å². The molecule has 1 aromatic heterocycles. The first-order valence-electron chi connectivity index (χ1n) is 5.41. The molecule has 82 valence electrons.